The summed E-state index contributed by atoms with van der Waals surface area (Å²) < 4.78 is 24.3. The van der Waals surface area contributed by atoms with E-state index in [0.717, 1.165) is 0 Å². The number of benzene rings is 3. The number of carbonyl (C=O) groups excluding carboxylic acids is 1. The minimum absolute atomic E-state index is 0.0698. The zero-order valence-electron chi connectivity index (χ0n) is 17.9. The maximum absolute atomic E-state index is 13.4. The highest BCUT2D eigenvalue weighted by Crippen LogP contribution is 2.41. The van der Waals surface area contributed by atoms with E-state index >= 15 is 0 Å². The van der Waals surface area contributed by atoms with Crippen LogP contribution < -0.4 is 10.1 Å². The number of carboxylic acid groups (broad SMARTS) is 1. The molecule has 1 aromatic heterocycles. The molecule has 2 N–H and O–H groups in total. The van der Waals surface area contributed by atoms with Crippen molar-refractivity contribution in [2.75, 3.05) is 14.2 Å². The first kappa shape index (κ1) is 22.5. The van der Waals surface area contributed by atoms with Crippen LogP contribution in [-0.2, 0) is 0 Å². The van der Waals surface area contributed by atoms with Crippen LogP contribution in [0.2, 0.25) is 0 Å². The van der Waals surface area contributed by atoms with Gasteiger partial charge in [0.15, 0.2) is 0 Å². The molecule has 10 heteroatoms. The highest BCUT2D eigenvalue weighted by atomic mass is 19.1. The molecule has 0 spiro atoms. The molecule has 1 amide bonds. The number of hydrogen-bond donors (Lipinski definition) is 2. The first-order valence-electron chi connectivity index (χ1n) is 9.89. The van der Waals surface area contributed by atoms with Gasteiger partial charge < -0.3 is 19.6 Å². The molecule has 0 radical (unpaired) electrons. The SMILES string of the molecule is CNC(=O)c1c(-c2ccc(F)cc2)oc2cc([N+](=O)[O-])c(-c3ccc(OC)c(C(=O)O)c3)cc12. The summed E-state index contributed by atoms with van der Waals surface area (Å²) in [5.41, 5.74) is 0.362. The van der Waals surface area contributed by atoms with Gasteiger partial charge in [0, 0.05) is 18.0 Å². The Balaban J connectivity index is 2.04. The molecule has 0 aliphatic carbocycles. The molecule has 0 fully saturated rings. The van der Waals surface area contributed by atoms with Crippen molar-refractivity contribution in [3.05, 3.63) is 81.7 Å². The number of aromatic carboxylic acids is 1. The molecule has 9 nitrogen and oxygen atoms in total. The summed E-state index contributed by atoms with van der Waals surface area (Å²) >= 11 is 0. The van der Waals surface area contributed by atoms with Gasteiger partial charge in [-0.15, -0.1) is 0 Å². The number of carboxylic acids is 1. The third kappa shape index (κ3) is 3.81. The van der Waals surface area contributed by atoms with E-state index in [1.54, 1.807) is 0 Å². The summed E-state index contributed by atoms with van der Waals surface area (Å²) in [5.74, 6) is -2.06. The Morgan fingerprint density at radius 3 is 2.35 bits per heavy atom. The second-order valence-corrected chi connectivity index (χ2v) is 7.24. The van der Waals surface area contributed by atoms with Crippen molar-refractivity contribution in [2.45, 2.75) is 0 Å². The predicted octanol–water partition coefficient (Wildman–Crippen LogP) is 4.88. The number of nitrogens with zero attached hydrogens (tertiary/aromatic N) is 1. The smallest absolute Gasteiger partial charge is 0.339 e. The standard InChI is InChI=1S/C24H17FN2O7/c1-26-23(28)21-16-10-15(13-5-8-19(33-2)17(9-13)24(29)30)18(27(31)32)11-20(16)34-22(21)12-3-6-14(25)7-4-12/h3-11H,1-2H3,(H,26,28)(H,29,30). The fraction of sp³-hybridized carbons (Fsp3) is 0.0833. The Kier molecular flexibility index (Phi) is 5.72. The third-order valence-corrected chi connectivity index (χ3v) is 5.30. The Hall–Kier alpha value is -4.73. The van der Waals surface area contributed by atoms with Crippen molar-refractivity contribution in [1.29, 1.82) is 0 Å². The number of nitro benzene ring substituents is 1. The van der Waals surface area contributed by atoms with E-state index in [1.165, 1.54) is 68.8 Å². The number of carbonyl (C=O) groups is 2. The van der Waals surface area contributed by atoms with Crippen LogP contribution in [0, 0.1) is 15.9 Å². The van der Waals surface area contributed by atoms with Crippen LogP contribution in [0.3, 0.4) is 0 Å². The van der Waals surface area contributed by atoms with Gasteiger partial charge in [-0.3, -0.25) is 14.9 Å². The maximum Gasteiger partial charge on any atom is 0.339 e. The molecule has 0 bridgehead atoms. The lowest BCUT2D eigenvalue weighted by molar-refractivity contribution is -0.384. The topological polar surface area (TPSA) is 132 Å². The molecule has 0 unspecified atom stereocenters. The minimum Gasteiger partial charge on any atom is -0.496 e. The fourth-order valence-corrected chi connectivity index (χ4v) is 3.71. The van der Waals surface area contributed by atoms with Crippen molar-refractivity contribution < 1.29 is 33.2 Å². The second-order valence-electron chi connectivity index (χ2n) is 7.24. The average molecular weight is 464 g/mol. The number of furan rings is 1. The monoisotopic (exact) mass is 464 g/mol. The van der Waals surface area contributed by atoms with Crippen molar-refractivity contribution in [2.24, 2.45) is 0 Å². The molecule has 4 rings (SSSR count). The summed E-state index contributed by atoms with van der Waals surface area (Å²) in [4.78, 5) is 35.7. The van der Waals surface area contributed by atoms with Gasteiger partial charge in [0.2, 0.25) is 0 Å². The van der Waals surface area contributed by atoms with Gasteiger partial charge >= 0.3 is 5.97 Å². The molecule has 0 aliphatic rings. The Labute approximate surface area is 191 Å². The second kappa shape index (κ2) is 8.66. The van der Waals surface area contributed by atoms with E-state index < -0.39 is 22.6 Å². The molecule has 3 aromatic carbocycles. The molecule has 0 aliphatic heterocycles. The summed E-state index contributed by atoms with van der Waals surface area (Å²) in [6, 6.07) is 12.0. The molecule has 0 saturated carbocycles. The number of amides is 1. The zero-order chi connectivity index (χ0) is 24.6. The number of rotatable bonds is 6. The van der Waals surface area contributed by atoms with E-state index in [4.69, 9.17) is 9.15 Å². The number of hydrogen-bond acceptors (Lipinski definition) is 6. The lowest BCUT2D eigenvalue weighted by Gasteiger charge is -2.09. The number of nitro groups is 1. The molecule has 0 atom stereocenters. The first-order valence-corrected chi connectivity index (χ1v) is 9.89. The van der Waals surface area contributed by atoms with Crippen LogP contribution in [0.4, 0.5) is 10.1 Å². The molecular weight excluding hydrogens is 447 g/mol. The fourth-order valence-electron chi connectivity index (χ4n) is 3.71. The lowest BCUT2D eigenvalue weighted by atomic mass is 9.97. The van der Waals surface area contributed by atoms with Crippen LogP contribution in [0.5, 0.6) is 5.75 Å². The van der Waals surface area contributed by atoms with Gasteiger partial charge in [-0.2, -0.15) is 0 Å². The Bertz CT molecular complexity index is 1460. The van der Waals surface area contributed by atoms with Crippen LogP contribution in [0.25, 0.3) is 33.4 Å². The van der Waals surface area contributed by atoms with Gasteiger partial charge in [0.25, 0.3) is 11.6 Å². The van der Waals surface area contributed by atoms with Crippen LogP contribution in [0.15, 0.2) is 59.0 Å². The Morgan fingerprint density at radius 1 is 1.09 bits per heavy atom. The van der Waals surface area contributed by atoms with E-state index in [9.17, 15) is 29.2 Å². The van der Waals surface area contributed by atoms with Gasteiger partial charge in [0.1, 0.15) is 28.5 Å². The summed E-state index contributed by atoms with van der Waals surface area (Å²) in [6.07, 6.45) is 0. The largest absolute Gasteiger partial charge is 0.496 e. The quantitative estimate of drug-likeness (QED) is 0.307. The predicted molar refractivity (Wildman–Crippen MR) is 121 cm³/mol. The first-order chi connectivity index (χ1) is 16.2. The van der Waals surface area contributed by atoms with E-state index in [2.05, 4.69) is 5.32 Å². The van der Waals surface area contributed by atoms with Crippen molar-refractivity contribution >= 4 is 28.5 Å². The van der Waals surface area contributed by atoms with E-state index in [0.29, 0.717) is 5.56 Å². The molecule has 34 heavy (non-hydrogen) atoms. The maximum atomic E-state index is 13.4. The number of halogens is 1. The summed E-state index contributed by atoms with van der Waals surface area (Å²) in [5, 5.41) is 24.2. The number of nitrogens with one attached hydrogen (secondary N) is 1. The third-order valence-electron chi connectivity index (χ3n) is 5.30. The minimum atomic E-state index is -1.27. The van der Waals surface area contributed by atoms with Crippen molar-refractivity contribution in [3.8, 4) is 28.2 Å². The molecule has 4 aromatic rings. The van der Waals surface area contributed by atoms with Gasteiger partial charge in [0.05, 0.1) is 29.2 Å². The lowest BCUT2D eigenvalue weighted by Crippen LogP contribution is -2.18. The van der Waals surface area contributed by atoms with Gasteiger partial charge in [-0.1, -0.05) is 6.07 Å². The summed E-state index contributed by atoms with van der Waals surface area (Å²) in [7, 11) is 2.73. The van der Waals surface area contributed by atoms with E-state index in [-0.39, 0.29) is 50.4 Å². The highest BCUT2D eigenvalue weighted by Gasteiger charge is 2.27. The molecule has 0 saturated heterocycles. The average Bonchev–Trinajstić information content (AvgIpc) is 3.21. The number of ether oxygens (including phenoxy) is 1. The molecular formula is C24H17FN2O7. The van der Waals surface area contributed by atoms with Crippen LogP contribution in [-0.4, -0.2) is 36.1 Å². The van der Waals surface area contributed by atoms with Crippen molar-refractivity contribution in [1.82, 2.24) is 5.32 Å². The number of methoxy groups -OCH3 is 1. The van der Waals surface area contributed by atoms with Gasteiger partial charge in [-0.25, -0.2) is 9.18 Å². The van der Waals surface area contributed by atoms with Crippen LogP contribution in [0.1, 0.15) is 20.7 Å². The highest BCUT2D eigenvalue weighted by molar-refractivity contribution is 6.12. The zero-order valence-corrected chi connectivity index (χ0v) is 17.9. The van der Waals surface area contributed by atoms with Crippen molar-refractivity contribution in [3.63, 3.8) is 0 Å². The summed E-state index contributed by atoms with van der Waals surface area (Å²) in [6.45, 7) is 0. The molecule has 1 heterocycles. The van der Waals surface area contributed by atoms with Gasteiger partial charge in [-0.05, 0) is 48.0 Å². The van der Waals surface area contributed by atoms with E-state index in [1.807, 2.05) is 0 Å². The molecule has 172 valence electrons. The van der Waals surface area contributed by atoms with Crippen LogP contribution >= 0.6 is 0 Å². The normalized spacial score (nSPS) is 10.8. The Morgan fingerprint density at radius 2 is 1.76 bits per heavy atom. The number of fused-ring (bicyclic) bond motifs is 1.